The third kappa shape index (κ3) is 2.64. The van der Waals surface area contributed by atoms with Gasteiger partial charge in [-0.1, -0.05) is 12.1 Å². The van der Waals surface area contributed by atoms with Gasteiger partial charge in [0, 0.05) is 0 Å². The van der Waals surface area contributed by atoms with Crippen molar-refractivity contribution in [1.82, 2.24) is 0 Å². The Bertz CT molecular complexity index is 406. The van der Waals surface area contributed by atoms with Crippen LogP contribution in [0.25, 0.3) is 6.08 Å². The van der Waals surface area contributed by atoms with Crippen molar-refractivity contribution in [3.05, 3.63) is 36.2 Å². The van der Waals surface area contributed by atoms with E-state index in [1.807, 2.05) is 0 Å². The van der Waals surface area contributed by atoms with Crippen LogP contribution in [0.4, 0.5) is 4.39 Å². The molecule has 0 radical (unpaired) electrons. The van der Waals surface area contributed by atoms with Crippen molar-refractivity contribution in [1.29, 1.82) is 0 Å². The summed E-state index contributed by atoms with van der Waals surface area (Å²) in [6, 6.07) is 5.17. The lowest BCUT2D eigenvalue weighted by molar-refractivity contribution is 0.483. The van der Waals surface area contributed by atoms with E-state index in [0.29, 0.717) is 11.9 Å². The molecule has 1 N–H and O–H groups in total. The summed E-state index contributed by atoms with van der Waals surface area (Å²) in [5.41, 5.74) is 0.523. The number of hydrogen-bond acceptors (Lipinski definition) is 2. The van der Waals surface area contributed by atoms with E-state index in [0.717, 1.165) is 0 Å². The van der Waals surface area contributed by atoms with E-state index in [1.54, 1.807) is 0 Å². The standard InChI is InChI=1S/C8H7FO3S/c9-6-5-7-1-3-8(4-2-7)13(10,11)12/h1-6H,(H,10,11,12)/i9-1. The minimum Gasteiger partial charge on any atom is -0.282 e. The number of hydrogen-bond donors (Lipinski definition) is 1. The SMILES string of the molecule is O=S(=O)(O)c1ccc(C=C[18F])cc1. The van der Waals surface area contributed by atoms with Gasteiger partial charge in [-0.15, -0.1) is 0 Å². The quantitative estimate of drug-likeness (QED) is 0.743. The normalized spacial score (nSPS) is 12.2. The summed E-state index contributed by atoms with van der Waals surface area (Å²) in [5, 5.41) is 0. The van der Waals surface area contributed by atoms with Crippen LogP contribution in [0.3, 0.4) is 0 Å². The fraction of sp³-hybridized carbons (Fsp3) is 0. The molecule has 0 atom stereocenters. The van der Waals surface area contributed by atoms with Gasteiger partial charge in [-0.05, 0) is 23.8 Å². The van der Waals surface area contributed by atoms with E-state index < -0.39 is 10.1 Å². The highest BCUT2D eigenvalue weighted by molar-refractivity contribution is 7.85. The summed E-state index contributed by atoms with van der Waals surface area (Å²) in [7, 11) is -4.15. The Hall–Kier alpha value is -1.20. The first kappa shape index (κ1) is 9.88. The van der Waals surface area contributed by atoms with Gasteiger partial charge in [0.1, 0.15) is 0 Å². The molecule has 1 aromatic carbocycles. The molecule has 1 aromatic rings. The molecule has 0 heterocycles. The van der Waals surface area contributed by atoms with Crippen molar-refractivity contribution >= 4 is 16.2 Å². The third-order valence-corrected chi connectivity index (χ3v) is 2.30. The molecule has 1 rings (SSSR count). The molecule has 0 saturated carbocycles. The minimum absolute atomic E-state index is 0.205. The van der Waals surface area contributed by atoms with Crippen LogP contribution in [0, 0.1) is 0 Å². The molecule has 0 amide bonds. The molecular formula is C8H7FO3S. The molecule has 3 nitrogen and oxygen atoms in total. The first-order valence-electron chi connectivity index (χ1n) is 3.38. The van der Waals surface area contributed by atoms with Crippen molar-refractivity contribution in [3.63, 3.8) is 0 Å². The zero-order chi connectivity index (χ0) is 9.90. The topological polar surface area (TPSA) is 54.4 Å². The average Bonchev–Trinajstić information content (AvgIpc) is 2.04. The monoisotopic (exact) mass is 201 g/mol. The molecule has 0 unspecified atom stereocenters. The summed E-state index contributed by atoms with van der Waals surface area (Å²) in [5.74, 6) is 0. The lowest BCUT2D eigenvalue weighted by Crippen LogP contribution is -1.96. The van der Waals surface area contributed by atoms with Crippen LogP contribution in [-0.4, -0.2) is 13.0 Å². The summed E-state index contributed by atoms with van der Waals surface area (Å²) >= 11 is 0. The lowest BCUT2D eigenvalue weighted by Gasteiger charge is -1.96. The van der Waals surface area contributed by atoms with E-state index in [2.05, 4.69) is 0 Å². The second-order valence-electron chi connectivity index (χ2n) is 2.34. The smallest absolute Gasteiger partial charge is 0.282 e. The summed E-state index contributed by atoms with van der Waals surface area (Å²) in [6.07, 6.45) is 1.52. The molecule has 13 heavy (non-hydrogen) atoms. The predicted octanol–water partition coefficient (Wildman–Crippen LogP) is 1.87. The van der Waals surface area contributed by atoms with Gasteiger partial charge in [-0.2, -0.15) is 8.42 Å². The van der Waals surface area contributed by atoms with Crippen LogP contribution < -0.4 is 0 Å². The first-order chi connectivity index (χ1) is 6.04. The average molecular weight is 201 g/mol. The summed E-state index contributed by atoms with van der Waals surface area (Å²) < 4.78 is 41.4. The highest BCUT2D eigenvalue weighted by Gasteiger charge is 2.07. The first-order valence-corrected chi connectivity index (χ1v) is 4.82. The predicted molar refractivity (Wildman–Crippen MR) is 46.4 cm³/mol. The Balaban J connectivity index is 3.08. The largest absolute Gasteiger partial charge is 0.294 e. The van der Waals surface area contributed by atoms with E-state index in [1.165, 1.54) is 30.3 Å². The molecule has 0 fully saturated rings. The van der Waals surface area contributed by atoms with Gasteiger partial charge in [-0.25, -0.2) is 4.39 Å². The maximum atomic E-state index is 11.7. The second kappa shape index (κ2) is 3.68. The van der Waals surface area contributed by atoms with Gasteiger partial charge in [0.15, 0.2) is 0 Å². The molecule has 0 aliphatic heterocycles. The third-order valence-electron chi connectivity index (χ3n) is 1.43. The summed E-state index contributed by atoms with van der Waals surface area (Å²) in [4.78, 5) is -0.205. The zero-order valence-corrected chi connectivity index (χ0v) is 7.33. The number of rotatable bonds is 2. The molecule has 0 saturated heterocycles. The zero-order valence-electron chi connectivity index (χ0n) is 6.51. The highest BCUT2D eigenvalue weighted by Crippen LogP contribution is 2.10. The van der Waals surface area contributed by atoms with Crippen LogP contribution in [0.5, 0.6) is 0 Å². The van der Waals surface area contributed by atoms with Gasteiger partial charge < -0.3 is 0 Å². The molecule has 0 bridgehead atoms. The van der Waals surface area contributed by atoms with Gasteiger partial charge >= 0.3 is 0 Å². The highest BCUT2D eigenvalue weighted by atomic mass is 32.2. The van der Waals surface area contributed by atoms with Crippen LogP contribution >= 0.6 is 0 Å². The molecule has 0 spiro atoms. The van der Waals surface area contributed by atoms with Crippen molar-refractivity contribution in [2.75, 3.05) is 0 Å². The van der Waals surface area contributed by atoms with Crippen LogP contribution in [0.1, 0.15) is 5.56 Å². The van der Waals surface area contributed by atoms with Gasteiger partial charge in [0.05, 0.1) is 11.2 Å². The van der Waals surface area contributed by atoms with E-state index in [9.17, 15) is 12.8 Å². The van der Waals surface area contributed by atoms with Crippen LogP contribution in [0.2, 0.25) is 0 Å². The van der Waals surface area contributed by atoms with Crippen molar-refractivity contribution in [3.8, 4) is 0 Å². The van der Waals surface area contributed by atoms with Gasteiger partial charge in [-0.3, -0.25) is 4.55 Å². The van der Waals surface area contributed by atoms with E-state index in [-0.39, 0.29) is 4.90 Å². The van der Waals surface area contributed by atoms with Crippen molar-refractivity contribution in [2.45, 2.75) is 4.90 Å². The fourth-order valence-corrected chi connectivity index (χ4v) is 1.30. The molecule has 5 heteroatoms. The second-order valence-corrected chi connectivity index (χ2v) is 3.76. The number of halogens is 1. The van der Waals surface area contributed by atoms with Gasteiger partial charge in [0.25, 0.3) is 10.1 Å². The lowest BCUT2D eigenvalue weighted by atomic mass is 10.2. The molecule has 70 valence electrons. The van der Waals surface area contributed by atoms with Crippen LogP contribution in [0.15, 0.2) is 35.5 Å². The Morgan fingerprint density at radius 3 is 2.15 bits per heavy atom. The van der Waals surface area contributed by atoms with E-state index >= 15 is 0 Å². The Kier molecular flexibility index (Phi) is 2.79. The Morgan fingerprint density at radius 2 is 1.77 bits per heavy atom. The van der Waals surface area contributed by atoms with Gasteiger partial charge in [0.2, 0.25) is 0 Å². The molecule has 0 aliphatic rings. The fourth-order valence-electron chi connectivity index (χ4n) is 0.824. The summed E-state index contributed by atoms with van der Waals surface area (Å²) in [6.45, 7) is 0. The molecule has 0 aliphatic carbocycles. The maximum absolute atomic E-state index is 11.7. The Labute approximate surface area is 75.3 Å². The number of benzene rings is 1. The van der Waals surface area contributed by atoms with Crippen molar-refractivity contribution < 1.29 is 17.4 Å². The Morgan fingerprint density at radius 1 is 1.23 bits per heavy atom. The molecular weight excluding hydrogens is 194 g/mol. The van der Waals surface area contributed by atoms with E-state index in [4.69, 9.17) is 4.55 Å². The van der Waals surface area contributed by atoms with Crippen LogP contribution in [-0.2, 0) is 10.1 Å². The minimum atomic E-state index is -4.15. The maximum Gasteiger partial charge on any atom is 0.294 e. The van der Waals surface area contributed by atoms with Crippen molar-refractivity contribution in [2.24, 2.45) is 0 Å². The molecule has 0 aromatic heterocycles.